The lowest BCUT2D eigenvalue weighted by molar-refractivity contribution is -0.150. The van der Waals surface area contributed by atoms with Crippen molar-refractivity contribution in [3.8, 4) is 0 Å². The molecule has 108 valence electrons. The maximum atomic E-state index is 11.9. The molecule has 0 saturated carbocycles. The summed E-state index contributed by atoms with van der Waals surface area (Å²) < 4.78 is 5.12. The van der Waals surface area contributed by atoms with Crippen molar-refractivity contribution in [3.63, 3.8) is 0 Å². The molecule has 0 aliphatic carbocycles. The minimum absolute atomic E-state index is 0.156. The van der Waals surface area contributed by atoms with E-state index in [9.17, 15) is 4.79 Å². The Morgan fingerprint density at radius 3 is 2.22 bits per heavy atom. The van der Waals surface area contributed by atoms with Crippen LogP contribution in [0, 0.1) is 0 Å². The third-order valence-electron chi connectivity index (χ3n) is 4.12. The quantitative estimate of drug-likeness (QED) is 0.677. The first-order chi connectivity index (χ1) is 8.23. The number of nitrogens with zero attached hydrogens (tertiary/aromatic N) is 1. The molecule has 1 N–H and O–H groups in total. The predicted molar refractivity (Wildman–Crippen MR) is 75.7 cm³/mol. The van der Waals surface area contributed by atoms with E-state index >= 15 is 0 Å². The number of esters is 1. The molecule has 0 aliphatic rings. The number of hydrogen-bond donors (Lipinski definition) is 1. The molecule has 4 heteroatoms. The highest BCUT2D eigenvalue weighted by Crippen LogP contribution is 2.19. The number of likely N-dealkylation sites (N-methyl/N-ethyl adjacent to an activating group) is 1. The standard InChI is InChI=1S/C14H30N2O2/c1-8-13(3,4)16(7)11-10-14(5,15-6)12(17)18-9-2/h15H,8-11H2,1-7H3. The molecule has 1 atom stereocenters. The van der Waals surface area contributed by atoms with E-state index in [2.05, 4.69) is 38.0 Å². The topological polar surface area (TPSA) is 41.6 Å². The number of nitrogens with one attached hydrogen (secondary N) is 1. The Balaban J connectivity index is 4.52. The highest BCUT2D eigenvalue weighted by Gasteiger charge is 2.34. The van der Waals surface area contributed by atoms with Crippen molar-refractivity contribution in [1.82, 2.24) is 10.2 Å². The summed E-state index contributed by atoms with van der Waals surface area (Å²) in [7, 11) is 3.91. The Morgan fingerprint density at radius 2 is 1.83 bits per heavy atom. The van der Waals surface area contributed by atoms with Crippen molar-refractivity contribution in [2.24, 2.45) is 0 Å². The van der Waals surface area contributed by atoms with Crippen LogP contribution < -0.4 is 5.32 Å². The fraction of sp³-hybridized carbons (Fsp3) is 0.929. The van der Waals surface area contributed by atoms with Gasteiger partial charge < -0.3 is 15.0 Å². The van der Waals surface area contributed by atoms with Gasteiger partial charge in [0.15, 0.2) is 0 Å². The van der Waals surface area contributed by atoms with Crippen LogP contribution in [0.5, 0.6) is 0 Å². The zero-order valence-corrected chi connectivity index (χ0v) is 13.1. The van der Waals surface area contributed by atoms with E-state index < -0.39 is 5.54 Å². The van der Waals surface area contributed by atoms with Crippen LogP contribution in [-0.4, -0.2) is 49.2 Å². The molecule has 0 heterocycles. The third kappa shape index (κ3) is 4.58. The Hall–Kier alpha value is -0.610. The molecular formula is C14H30N2O2. The monoisotopic (exact) mass is 258 g/mol. The highest BCUT2D eigenvalue weighted by atomic mass is 16.5. The second-order valence-electron chi connectivity index (χ2n) is 5.64. The molecule has 0 fully saturated rings. The summed E-state index contributed by atoms with van der Waals surface area (Å²) in [6, 6.07) is 0. The lowest BCUT2D eigenvalue weighted by atomic mass is 9.95. The maximum Gasteiger partial charge on any atom is 0.326 e. The summed E-state index contributed by atoms with van der Waals surface area (Å²) >= 11 is 0. The first kappa shape index (κ1) is 17.4. The van der Waals surface area contributed by atoms with Crippen LogP contribution in [0.3, 0.4) is 0 Å². The van der Waals surface area contributed by atoms with Crippen LogP contribution >= 0.6 is 0 Å². The van der Waals surface area contributed by atoms with Gasteiger partial charge in [-0.3, -0.25) is 4.79 Å². The molecule has 0 aliphatic heterocycles. The van der Waals surface area contributed by atoms with Crippen LogP contribution in [0.15, 0.2) is 0 Å². The molecule has 18 heavy (non-hydrogen) atoms. The fourth-order valence-electron chi connectivity index (χ4n) is 1.58. The number of rotatable bonds is 8. The summed E-state index contributed by atoms with van der Waals surface area (Å²) in [5, 5.41) is 3.09. The first-order valence-corrected chi connectivity index (χ1v) is 6.81. The summed E-state index contributed by atoms with van der Waals surface area (Å²) in [4.78, 5) is 14.2. The van der Waals surface area contributed by atoms with E-state index in [1.807, 2.05) is 20.9 Å². The number of carbonyl (C=O) groups excluding carboxylic acids is 1. The van der Waals surface area contributed by atoms with Gasteiger partial charge in [0.05, 0.1) is 6.61 Å². The van der Waals surface area contributed by atoms with Gasteiger partial charge in [-0.2, -0.15) is 0 Å². The zero-order valence-electron chi connectivity index (χ0n) is 13.1. The molecule has 0 aromatic carbocycles. The summed E-state index contributed by atoms with van der Waals surface area (Å²) in [5.74, 6) is -0.171. The molecule has 0 bridgehead atoms. The Kier molecular flexibility index (Phi) is 6.86. The average molecular weight is 258 g/mol. The smallest absolute Gasteiger partial charge is 0.326 e. The fourth-order valence-corrected chi connectivity index (χ4v) is 1.58. The van der Waals surface area contributed by atoms with E-state index in [1.54, 1.807) is 0 Å². The van der Waals surface area contributed by atoms with Crippen LogP contribution in [0.1, 0.15) is 47.5 Å². The second kappa shape index (κ2) is 7.10. The van der Waals surface area contributed by atoms with Crippen LogP contribution in [0.2, 0.25) is 0 Å². The van der Waals surface area contributed by atoms with E-state index in [0.717, 1.165) is 19.4 Å². The van der Waals surface area contributed by atoms with Gasteiger partial charge in [0.2, 0.25) is 0 Å². The van der Waals surface area contributed by atoms with Crippen molar-refractivity contribution in [3.05, 3.63) is 0 Å². The highest BCUT2D eigenvalue weighted by molar-refractivity contribution is 5.80. The van der Waals surface area contributed by atoms with Gasteiger partial charge in [-0.15, -0.1) is 0 Å². The van der Waals surface area contributed by atoms with Crippen molar-refractivity contribution in [2.45, 2.75) is 58.5 Å². The molecule has 0 aromatic rings. The van der Waals surface area contributed by atoms with Crippen molar-refractivity contribution < 1.29 is 9.53 Å². The largest absolute Gasteiger partial charge is 0.465 e. The lowest BCUT2D eigenvalue weighted by Crippen LogP contribution is -2.52. The molecule has 4 nitrogen and oxygen atoms in total. The lowest BCUT2D eigenvalue weighted by Gasteiger charge is -2.37. The molecule has 0 rings (SSSR count). The number of carbonyl (C=O) groups is 1. The Bertz CT molecular complexity index is 267. The van der Waals surface area contributed by atoms with Crippen molar-refractivity contribution >= 4 is 5.97 Å². The molecule has 0 spiro atoms. The summed E-state index contributed by atoms with van der Waals surface area (Å²) in [6.07, 6.45) is 1.82. The zero-order chi connectivity index (χ0) is 14.4. The van der Waals surface area contributed by atoms with E-state index in [0.29, 0.717) is 6.61 Å². The van der Waals surface area contributed by atoms with Gasteiger partial charge in [-0.1, -0.05) is 6.92 Å². The molecular weight excluding hydrogens is 228 g/mol. The van der Waals surface area contributed by atoms with Crippen molar-refractivity contribution in [1.29, 1.82) is 0 Å². The molecule has 0 aromatic heterocycles. The van der Waals surface area contributed by atoms with Crippen LogP contribution in [-0.2, 0) is 9.53 Å². The normalized spacial score (nSPS) is 15.6. The van der Waals surface area contributed by atoms with Gasteiger partial charge >= 0.3 is 5.97 Å². The first-order valence-electron chi connectivity index (χ1n) is 6.81. The van der Waals surface area contributed by atoms with Gasteiger partial charge in [0.1, 0.15) is 5.54 Å². The third-order valence-corrected chi connectivity index (χ3v) is 4.12. The van der Waals surface area contributed by atoms with Gasteiger partial charge in [0.25, 0.3) is 0 Å². The van der Waals surface area contributed by atoms with E-state index in [1.165, 1.54) is 0 Å². The van der Waals surface area contributed by atoms with E-state index in [4.69, 9.17) is 4.74 Å². The van der Waals surface area contributed by atoms with E-state index in [-0.39, 0.29) is 11.5 Å². The molecule has 0 saturated heterocycles. The molecule has 0 amide bonds. The number of ether oxygens (including phenoxy) is 1. The Labute approximate surface area is 112 Å². The SMILES string of the molecule is CCOC(=O)C(C)(CCN(C)C(C)(C)CC)NC. The molecule has 0 radical (unpaired) electrons. The predicted octanol–water partition coefficient (Wildman–Crippen LogP) is 2.04. The maximum absolute atomic E-state index is 11.9. The minimum Gasteiger partial charge on any atom is -0.465 e. The number of hydrogen-bond acceptors (Lipinski definition) is 4. The van der Waals surface area contributed by atoms with Crippen LogP contribution in [0.25, 0.3) is 0 Å². The van der Waals surface area contributed by atoms with Gasteiger partial charge in [0, 0.05) is 12.1 Å². The second-order valence-corrected chi connectivity index (χ2v) is 5.64. The Morgan fingerprint density at radius 1 is 1.28 bits per heavy atom. The van der Waals surface area contributed by atoms with Crippen LogP contribution in [0.4, 0.5) is 0 Å². The summed E-state index contributed by atoms with van der Waals surface area (Å²) in [5.41, 5.74) is -0.447. The van der Waals surface area contributed by atoms with Gasteiger partial charge in [-0.25, -0.2) is 0 Å². The van der Waals surface area contributed by atoms with Gasteiger partial charge in [-0.05, 0) is 54.6 Å². The molecule has 1 unspecified atom stereocenters. The average Bonchev–Trinajstić information content (AvgIpc) is 2.35. The summed E-state index contributed by atoms with van der Waals surface area (Å²) in [6.45, 7) is 11.6. The minimum atomic E-state index is -0.603. The van der Waals surface area contributed by atoms with Crippen molar-refractivity contribution in [2.75, 3.05) is 27.2 Å².